The van der Waals surface area contributed by atoms with Crippen LogP contribution in [0.3, 0.4) is 0 Å². The summed E-state index contributed by atoms with van der Waals surface area (Å²) in [5, 5.41) is 5.29. The fourth-order valence-electron chi connectivity index (χ4n) is 3.23. The van der Waals surface area contributed by atoms with Crippen molar-refractivity contribution >= 4 is 51.3 Å². The van der Waals surface area contributed by atoms with Gasteiger partial charge in [0.1, 0.15) is 0 Å². The summed E-state index contributed by atoms with van der Waals surface area (Å²) >= 11 is 9.00. The molecule has 7 nitrogen and oxygen atoms in total. The van der Waals surface area contributed by atoms with Gasteiger partial charge in [-0.2, -0.15) is 0 Å². The van der Waals surface area contributed by atoms with E-state index in [0.29, 0.717) is 18.2 Å². The number of nitrogens with zero attached hydrogens (tertiary/aromatic N) is 4. The van der Waals surface area contributed by atoms with E-state index in [2.05, 4.69) is 21.3 Å². The molecule has 2 aliphatic rings. The van der Waals surface area contributed by atoms with Crippen LogP contribution in [-0.2, 0) is 17.8 Å². The number of rotatable bonds is 5. The van der Waals surface area contributed by atoms with Crippen molar-refractivity contribution in [3.8, 4) is 0 Å². The van der Waals surface area contributed by atoms with Crippen LogP contribution in [0.4, 0.5) is 9.93 Å². The lowest BCUT2D eigenvalue weighted by molar-refractivity contribution is -0.132. The third-order valence-corrected chi connectivity index (χ3v) is 6.82. The zero-order valence-electron chi connectivity index (χ0n) is 14.7. The average molecular weight is 426 g/mol. The molecule has 0 saturated carbocycles. The summed E-state index contributed by atoms with van der Waals surface area (Å²) in [5.41, 5.74) is 0.732. The highest BCUT2D eigenvalue weighted by Gasteiger charge is 2.25. The molecule has 4 heterocycles. The van der Waals surface area contributed by atoms with Crippen LogP contribution in [0.15, 0.2) is 17.5 Å². The Morgan fingerprint density at radius 3 is 2.70 bits per heavy atom. The summed E-state index contributed by atoms with van der Waals surface area (Å²) in [6.07, 6.45) is 0.284. The number of amides is 3. The molecular formula is C17H20ClN5O2S2. The lowest BCUT2D eigenvalue weighted by Gasteiger charge is -2.34. The highest BCUT2D eigenvalue weighted by molar-refractivity contribution is 7.16. The Balaban J connectivity index is 1.27. The summed E-state index contributed by atoms with van der Waals surface area (Å²) in [5.74, 6) is 0.0940. The van der Waals surface area contributed by atoms with Crippen LogP contribution in [0, 0.1) is 0 Å². The first-order chi connectivity index (χ1) is 13.1. The van der Waals surface area contributed by atoms with Crippen molar-refractivity contribution in [1.29, 1.82) is 0 Å². The minimum absolute atomic E-state index is 0.0940. The minimum atomic E-state index is -0.120. The minimum Gasteiger partial charge on any atom is -0.340 e. The van der Waals surface area contributed by atoms with Crippen molar-refractivity contribution in [3.63, 3.8) is 0 Å². The van der Waals surface area contributed by atoms with E-state index in [1.807, 2.05) is 16.3 Å². The molecule has 3 amide bonds. The second-order valence-electron chi connectivity index (χ2n) is 6.54. The summed E-state index contributed by atoms with van der Waals surface area (Å²) in [4.78, 5) is 35.9. The SMILES string of the molecule is O=C(Cc1csc(N2CCNC2=O)n1)N1CCN(Cc2ccc(Cl)s2)CC1. The second kappa shape index (κ2) is 8.14. The van der Waals surface area contributed by atoms with E-state index >= 15 is 0 Å². The van der Waals surface area contributed by atoms with Crippen LogP contribution in [-0.4, -0.2) is 66.0 Å². The van der Waals surface area contributed by atoms with Crippen LogP contribution in [0.1, 0.15) is 10.6 Å². The van der Waals surface area contributed by atoms with Crippen molar-refractivity contribution in [2.75, 3.05) is 44.2 Å². The number of thiophene rings is 1. The van der Waals surface area contributed by atoms with Gasteiger partial charge in [0.05, 0.1) is 16.5 Å². The molecule has 2 aromatic heterocycles. The summed E-state index contributed by atoms with van der Waals surface area (Å²) in [6, 6.07) is 3.87. The number of urea groups is 1. The Kier molecular flexibility index (Phi) is 5.63. The standard InChI is InChI=1S/C17H20ClN5O2S2/c18-14-2-1-13(27-14)10-21-5-7-22(8-6-21)15(24)9-12-11-26-17(20-12)23-4-3-19-16(23)25/h1-2,11H,3-10H2,(H,19,25). The number of nitrogens with one attached hydrogen (secondary N) is 1. The Labute approximate surface area is 170 Å². The van der Waals surface area contributed by atoms with E-state index < -0.39 is 0 Å². The molecule has 0 atom stereocenters. The first kappa shape index (κ1) is 18.7. The molecule has 2 aliphatic heterocycles. The van der Waals surface area contributed by atoms with Gasteiger partial charge in [0.15, 0.2) is 5.13 Å². The Hall–Kier alpha value is -1.68. The van der Waals surface area contributed by atoms with Gasteiger partial charge in [0.25, 0.3) is 0 Å². The quantitative estimate of drug-likeness (QED) is 0.797. The molecule has 4 rings (SSSR count). The first-order valence-electron chi connectivity index (χ1n) is 8.82. The van der Waals surface area contributed by atoms with Crippen molar-refractivity contribution in [3.05, 3.63) is 32.4 Å². The number of halogens is 1. The fraction of sp³-hybridized carbons (Fsp3) is 0.471. The van der Waals surface area contributed by atoms with E-state index in [0.717, 1.165) is 42.8 Å². The third kappa shape index (κ3) is 4.43. The van der Waals surface area contributed by atoms with Gasteiger partial charge >= 0.3 is 6.03 Å². The van der Waals surface area contributed by atoms with Gasteiger partial charge < -0.3 is 10.2 Å². The molecule has 0 spiro atoms. The van der Waals surface area contributed by atoms with E-state index in [4.69, 9.17) is 11.6 Å². The molecule has 0 unspecified atom stereocenters. The Bertz CT molecular complexity index is 831. The maximum atomic E-state index is 12.6. The van der Waals surface area contributed by atoms with Crippen molar-refractivity contribution in [1.82, 2.24) is 20.1 Å². The monoisotopic (exact) mass is 425 g/mol. The number of thiazole rings is 1. The maximum Gasteiger partial charge on any atom is 0.323 e. The highest BCUT2D eigenvalue weighted by Crippen LogP contribution is 2.24. The van der Waals surface area contributed by atoms with Crippen LogP contribution in [0.2, 0.25) is 4.34 Å². The van der Waals surface area contributed by atoms with Crippen molar-refractivity contribution in [2.24, 2.45) is 0 Å². The second-order valence-corrected chi connectivity index (χ2v) is 9.18. The number of hydrogen-bond donors (Lipinski definition) is 1. The van der Waals surface area contributed by atoms with Crippen molar-refractivity contribution < 1.29 is 9.59 Å². The zero-order valence-corrected chi connectivity index (χ0v) is 17.1. The summed E-state index contributed by atoms with van der Waals surface area (Å²) < 4.78 is 0.813. The predicted octanol–water partition coefficient (Wildman–Crippen LogP) is 2.27. The molecule has 10 heteroatoms. The summed E-state index contributed by atoms with van der Waals surface area (Å²) in [6.45, 7) is 5.31. The van der Waals surface area contributed by atoms with Gasteiger partial charge in [0.2, 0.25) is 5.91 Å². The van der Waals surface area contributed by atoms with E-state index in [1.165, 1.54) is 16.2 Å². The van der Waals surface area contributed by atoms with Gasteiger partial charge in [-0.1, -0.05) is 11.6 Å². The number of hydrogen-bond acceptors (Lipinski definition) is 6. The molecule has 1 N–H and O–H groups in total. The molecule has 2 saturated heterocycles. The molecule has 0 aliphatic carbocycles. The molecule has 2 fully saturated rings. The van der Waals surface area contributed by atoms with E-state index in [9.17, 15) is 9.59 Å². The van der Waals surface area contributed by atoms with Gasteiger partial charge in [0, 0.05) is 56.1 Å². The van der Waals surface area contributed by atoms with Crippen LogP contribution in [0.5, 0.6) is 0 Å². The lowest BCUT2D eigenvalue weighted by Crippen LogP contribution is -2.48. The van der Waals surface area contributed by atoms with Crippen molar-refractivity contribution in [2.45, 2.75) is 13.0 Å². The first-order valence-corrected chi connectivity index (χ1v) is 10.9. The molecule has 0 bridgehead atoms. The number of carbonyl (C=O) groups excluding carboxylic acids is 2. The summed E-state index contributed by atoms with van der Waals surface area (Å²) in [7, 11) is 0. The van der Waals surface area contributed by atoms with Crippen LogP contribution >= 0.6 is 34.3 Å². The van der Waals surface area contributed by atoms with Crippen LogP contribution in [0.25, 0.3) is 0 Å². The number of aromatic nitrogens is 1. The maximum absolute atomic E-state index is 12.6. The van der Waals surface area contributed by atoms with Gasteiger partial charge in [-0.15, -0.1) is 22.7 Å². The Morgan fingerprint density at radius 2 is 2.04 bits per heavy atom. The largest absolute Gasteiger partial charge is 0.340 e. The smallest absolute Gasteiger partial charge is 0.323 e. The average Bonchev–Trinajstić information content (AvgIpc) is 3.37. The predicted molar refractivity (Wildman–Crippen MR) is 108 cm³/mol. The molecular weight excluding hydrogens is 406 g/mol. The lowest BCUT2D eigenvalue weighted by atomic mass is 10.2. The molecule has 27 heavy (non-hydrogen) atoms. The van der Waals surface area contributed by atoms with E-state index in [1.54, 1.807) is 16.2 Å². The highest BCUT2D eigenvalue weighted by atomic mass is 35.5. The molecule has 0 aromatic carbocycles. The fourth-order valence-corrected chi connectivity index (χ4v) is 5.21. The molecule has 0 radical (unpaired) electrons. The zero-order chi connectivity index (χ0) is 18.8. The molecule has 2 aromatic rings. The number of piperazine rings is 1. The van der Waals surface area contributed by atoms with E-state index in [-0.39, 0.29) is 18.4 Å². The third-order valence-electron chi connectivity index (χ3n) is 4.69. The van der Waals surface area contributed by atoms with Gasteiger partial charge in [-0.25, -0.2) is 9.78 Å². The normalized spacial score (nSPS) is 18.2. The van der Waals surface area contributed by atoms with Gasteiger partial charge in [-0.05, 0) is 12.1 Å². The topological polar surface area (TPSA) is 68.8 Å². The van der Waals surface area contributed by atoms with Crippen LogP contribution < -0.4 is 10.2 Å². The number of anilines is 1. The number of carbonyl (C=O) groups is 2. The van der Waals surface area contributed by atoms with Gasteiger partial charge in [-0.3, -0.25) is 14.6 Å². The Morgan fingerprint density at radius 1 is 1.22 bits per heavy atom. The molecule has 144 valence electrons.